The molecule has 0 bridgehead atoms. The van der Waals surface area contributed by atoms with Crippen LogP contribution < -0.4 is 4.74 Å². The summed E-state index contributed by atoms with van der Waals surface area (Å²) in [7, 11) is 1.41. The number of nitrogens with one attached hydrogen (secondary N) is 1. The summed E-state index contributed by atoms with van der Waals surface area (Å²) in [6.07, 6.45) is 1.12. The largest absolute Gasteiger partial charge is 0.494 e. The SMILES string of the molecule is COc1ccc(N=NCC=N)c(C)c1F. The zero-order valence-electron chi connectivity index (χ0n) is 8.62. The molecule has 0 aliphatic rings. The van der Waals surface area contributed by atoms with E-state index in [9.17, 15) is 4.39 Å². The van der Waals surface area contributed by atoms with Crippen molar-refractivity contribution in [1.82, 2.24) is 0 Å². The molecule has 1 aromatic carbocycles. The first-order valence-corrected chi connectivity index (χ1v) is 4.40. The molecule has 0 spiro atoms. The van der Waals surface area contributed by atoms with Gasteiger partial charge in [0.1, 0.15) is 0 Å². The number of hydrogen-bond acceptors (Lipinski definition) is 4. The summed E-state index contributed by atoms with van der Waals surface area (Å²) in [4.78, 5) is 0. The van der Waals surface area contributed by atoms with Crippen LogP contribution in [0, 0.1) is 18.2 Å². The van der Waals surface area contributed by atoms with Crippen LogP contribution >= 0.6 is 0 Å². The third kappa shape index (κ3) is 2.59. The fourth-order valence-corrected chi connectivity index (χ4v) is 1.07. The number of benzene rings is 1. The topological polar surface area (TPSA) is 57.8 Å². The highest BCUT2D eigenvalue weighted by Gasteiger charge is 2.09. The molecule has 1 N–H and O–H groups in total. The fraction of sp³-hybridized carbons (Fsp3) is 0.300. The van der Waals surface area contributed by atoms with Gasteiger partial charge < -0.3 is 10.1 Å². The molecule has 5 heteroatoms. The number of halogens is 1. The standard InChI is InChI=1S/C10H12FN3O/c1-7-8(14-13-6-5-12)3-4-9(15-2)10(7)11/h3-5,12H,6H2,1-2H3. The average Bonchev–Trinajstić information content (AvgIpc) is 2.25. The number of ether oxygens (including phenoxy) is 1. The van der Waals surface area contributed by atoms with Crippen LogP contribution in [0.5, 0.6) is 5.75 Å². The molecule has 0 amide bonds. The van der Waals surface area contributed by atoms with Gasteiger partial charge in [0.15, 0.2) is 11.6 Å². The summed E-state index contributed by atoms with van der Waals surface area (Å²) in [5, 5.41) is 14.3. The van der Waals surface area contributed by atoms with Gasteiger partial charge in [0.2, 0.25) is 0 Å². The Kier molecular flexibility index (Phi) is 3.91. The van der Waals surface area contributed by atoms with Crippen molar-refractivity contribution < 1.29 is 9.13 Å². The first-order chi connectivity index (χ1) is 7.20. The van der Waals surface area contributed by atoms with E-state index in [4.69, 9.17) is 10.1 Å². The zero-order chi connectivity index (χ0) is 11.3. The Morgan fingerprint density at radius 3 is 2.87 bits per heavy atom. The smallest absolute Gasteiger partial charge is 0.170 e. The predicted octanol–water partition coefficient (Wildman–Crippen LogP) is 2.88. The lowest BCUT2D eigenvalue weighted by Gasteiger charge is -2.05. The van der Waals surface area contributed by atoms with Gasteiger partial charge in [0.25, 0.3) is 0 Å². The second kappa shape index (κ2) is 5.19. The zero-order valence-corrected chi connectivity index (χ0v) is 8.62. The molecule has 0 saturated heterocycles. The highest BCUT2D eigenvalue weighted by molar-refractivity contribution is 5.55. The van der Waals surface area contributed by atoms with Gasteiger partial charge in [-0.05, 0) is 19.1 Å². The van der Waals surface area contributed by atoms with Crippen LogP contribution in [0.1, 0.15) is 5.56 Å². The van der Waals surface area contributed by atoms with Gasteiger partial charge in [-0.2, -0.15) is 10.2 Å². The van der Waals surface area contributed by atoms with Crippen LogP contribution in [0.15, 0.2) is 22.4 Å². The van der Waals surface area contributed by atoms with Crippen molar-refractivity contribution in [2.45, 2.75) is 6.92 Å². The molecule has 80 valence electrons. The Hall–Kier alpha value is -1.78. The van der Waals surface area contributed by atoms with E-state index in [0.29, 0.717) is 11.3 Å². The van der Waals surface area contributed by atoms with E-state index in [-0.39, 0.29) is 12.3 Å². The second-order valence-corrected chi connectivity index (χ2v) is 2.85. The summed E-state index contributed by atoms with van der Waals surface area (Å²) >= 11 is 0. The molecule has 0 radical (unpaired) electrons. The highest BCUT2D eigenvalue weighted by Crippen LogP contribution is 2.28. The highest BCUT2D eigenvalue weighted by atomic mass is 19.1. The van der Waals surface area contributed by atoms with Crippen molar-refractivity contribution in [3.05, 3.63) is 23.5 Å². The van der Waals surface area contributed by atoms with Gasteiger partial charge in [-0.15, -0.1) is 0 Å². The maximum absolute atomic E-state index is 13.5. The van der Waals surface area contributed by atoms with Crippen molar-refractivity contribution in [2.75, 3.05) is 13.7 Å². The molecule has 0 fully saturated rings. The molecule has 0 atom stereocenters. The van der Waals surface area contributed by atoms with E-state index in [1.165, 1.54) is 13.2 Å². The van der Waals surface area contributed by atoms with E-state index in [2.05, 4.69) is 10.2 Å². The van der Waals surface area contributed by atoms with Crippen LogP contribution in [0.4, 0.5) is 10.1 Å². The van der Waals surface area contributed by atoms with Crippen molar-refractivity contribution in [1.29, 1.82) is 5.41 Å². The Morgan fingerprint density at radius 1 is 1.53 bits per heavy atom. The monoisotopic (exact) mass is 209 g/mol. The van der Waals surface area contributed by atoms with Gasteiger partial charge in [0.05, 0.1) is 19.3 Å². The van der Waals surface area contributed by atoms with Gasteiger partial charge >= 0.3 is 0 Å². The fourth-order valence-electron chi connectivity index (χ4n) is 1.07. The van der Waals surface area contributed by atoms with Gasteiger partial charge in [0, 0.05) is 11.8 Å². The molecule has 0 unspecified atom stereocenters. The molecule has 0 aliphatic heterocycles. The van der Waals surface area contributed by atoms with E-state index in [1.54, 1.807) is 13.0 Å². The van der Waals surface area contributed by atoms with Gasteiger partial charge in [-0.1, -0.05) is 0 Å². The van der Waals surface area contributed by atoms with Crippen LogP contribution in [-0.2, 0) is 0 Å². The first kappa shape index (κ1) is 11.3. The second-order valence-electron chi connectivity index (χ2n) is 2.85. The van der Waals surface area contributed by atoms with Crippen LogP contribution in [-0.4, -0.2) is 19.9 Å². The number of hydrogen-bond donors (Lipinski definition) is 1. The van der Waals surface area contributed by atoms with Crippen molar-refractivity contribution in [3.63, 3.8) is 0 Å². The number of nitrogens with zero attached hydrogens (tertiary/aromatic N) is 2. The normalized spacial score (nSPS) is 10.6. The predicted molar refractivity (Wildman–Crippen MR) is 55.9 cm³/mol. The lowest BCUT2D eigenvalue weighted by molar-refractivity contribution is 0.385. The third-order valence-electron chi connectivity index (χ3n) is 1.89. The lowest BCUT2D eigenvalue weighted by Crippen LogP contribution is -1.91. The Balaban J connectivity index is 3.01. The minimum atomic E-state index is -0.427. The molecule has 15 heavy (non-hydrogen) atoms. The van der Waals surface area contributed by atoms with E-state index < -0.39 is 5.82 Å². The van der Waals surface area contributed by atoms with Crippen molar-refractivity contribution >= 4 is 11.9 Å². The lowest BCUT2D eigenvalue weighted by atomic mass is 10.2. The molecule has 4 nitrogen and oxygen atoms in total. The Bertz CT molecular complexity index is 390. The summed E-state index contributed by atoms with van der Waals surface area (Å²) in [5.74, 6) is -0.234. The minimum Gasteiger partial charge on any atom is -0.494 e. The number of methoxy groups -OCH3 is 1. The molecule has 1 aromatic rings. The molecule has 0 heterocycles. The third-order valence-corrected chi connectivity index (χ3v) is 1.89. The van der Waals surface area contributed by atoms with E-state index in [1.807, 2.05) is 0 Å². The molecular weight excluding hydrogens is 197 g/mol. The van der Waals surface area contributed by atoms with E-state index in [0.717, 1.165) is 6.21 Å². The summed E-state index contributed by atoms with van der Waals surface area (Å²) in [6.45, 7) is 1.81. The first-order valence-electron chi connectivity index (χ1n) is 4.40. The number of azo groups is 1. The molecule has 0 aromatic heterocycles. The van der Waals surface area contributed by atoms with Crippen molar-refractivity contribution in [2.24, 2.45) is 10.2 Å². The van der Waals surface area contributed by atoms with Gasteiger partial charge in [-0.3, -0.25) is 0 Å². The maximum Gasteiger partial charge on any atom is 0.170 e. The molecule has 1 rings (SSSR count). The number of rotatable bonds is 4. The van der Waals surface area contributed by atoms with E-state index >= 15 is 0 Å². The van der Waals surface area contributed by atoms with Crippen LogP contribution in [0.3, 0.4) is 0 Å². The Morgan fingerprint density at radius 2 is 2.27 bits per heavy atom. The minimum absolute atomic E-state index is 0.193. The summed E-state index contributed by atoms with van der Waals surface area (Å²) in [6, 6.07) is 3.13. The summed E-state index contributed by atoms with van der Waals surface area (Å²) < 4.78 is 18.3. The maximum atomic E-state index is 13.5. The van der Waals surface area contributed by atoms with Crippen LogP contribution in [0.2, 0.25) is 0 Å². The average molecular weight is 209 g/mol. The quantitative estimate of drug-likeness (QED) is 0.601. The van der Waals surface area contributed by atoms with Gasteiger partial charge in [-0.25, -0.2) is 4.39 Å². The molecule has 0 saturated carbocycles. The van der Waals surface area contributed by atoms with Crippen molar-refractivity contribution in [3.8, 4) is 5.75 Å². The molecule has 0 aliphatic carbocycles. The van der Waals surface area contributed by atoms with Crippen LogP contribution in [0.25, 0.3) is 0 Å². The molecular formula is C10H12FN3O. The summed E-state index contributed by atoms with van der Waals surface area (Å²) in [5.41, 5.74) is 0.846. The Labute approximate surface area is 87.3 Å².